The van der Waals surface area contributed by atoms with Gasteiger partial charge in [-0.2, -0.15) is 0 Å². The molecule has 1 heterocycles. The minimum absolute atomic E-state index is 0.394. The van der Waals surface area contributed by atoms with Crippen molar-refractivity contribution in [3.8, 4) is 11.8 Å². The first-order valence-electron chi connectivity index (χ1n) is 5.73. The summed E-state index contributed by atoms with van der Waals surface area (Å²) in [6.07, 6.45) is 3.75. The molecular formula is C14H16ClN. The maximum atomic E-state index is 6.06. The van der Waals surface area contributed by atoms with Crippen molar-refractivity contribution in [3.63, 3.8) is 0 Å². The molecule has 0 spiro atoms. The Bertz CT molecular complexity index is 416. The Kier molecular flexibility index (Phi) is 3.88. The summed E-state index contributed by atoms with van der Waals surface area (Å²) in [5.41, 5.74) is 0.933. The third kappa shape index (κ3) is 2.78. The lowest BCUT2D eigenvalue weighted by atomic mass is 10.0. The molecule has 0 aromatic heterocycles. The fourth-order valence-corrected chi connectivity index (χ4v) is 2.16. The van der Waals surface area contributed by atoms with Crippen molar-refractivity contribution in [2.75, 3.05) is 13.6 Å². The highest BCUT2D eigenvalue weighted by atomic mass is 35.5. The van der Waals surface area contributed by atoms with Gasteiger partial charge in [0.05, 0.1) is 11.1 Å². The van der Waals surface area contributed by atoms with Crippen LogP contribution in [0.2, 0.25) is 5.02 Å². The van der Waals surface area contributed by atoms with Gasteiger partial charge in [-0.25, -0.2) is 0 Å². The number of piperidine rings is 1. The molecule has 0 saturated carbocycles. The lowest BCUT2D eigenvalue weighted by molar-refractivity contribution is 0.229. The number of benzene rings is 1. The quantitative estimate of drug-likeness (QED) is 0.623. The standard InChI is InChI=1S/C14H16ClN/c1-16-11-5-4-7-13(16)10-9-12-6-2-3-8-14(12)15/h2-3,6,8,13H,4-5,7,11H2,1H3/t13-/m1/s1. The first-order valence-corrected chi connectivity index (χ1v) is 6.11. The molecule has 0 aliphatic carbocycles. The van der Waals surface area contributed by atoms with Crippen LogP contribution < -0.4 is 0 Å². The van der Waals surface area contributed by atoms with Gasteiger partial charge < -0.3 is 0 Å². The maximum absolute atomic E-state index is 6.06. The molecule has 1 aliphatic rings. The third-order valence-electron chi connectivity index (χ3n) is 3.02. The number of halogens is 1. The Balaban J connectivity index is 2.12. The van der Waals surface area contributed by atoms with Gasteiger partial charge in [0, 0.05) is 5.56 Å². The predicted octanol–water partition coefficient (Wildman–Crippen LogP) is 3.18. The smallest absolute Gasteiger partial charge is 0.0715 e. The predicted molar refractivity (Wildman–Crippen MR) is 68.6 cm³/mol. The highest BCUT2D eigenvalue weighted by Gasteiger charge is 2.15. The van der Waals surface area contributed by atoms with Gasteiger partial charge in [-0.1, -0.05) is 35.6 Å². The topological polar surface area (TPSA) is 3.24 Å². The van der Waals surface area contributed by atoms with E-state index in [2.05, 4.69) is 23.8 Å². The van der Waals surface area contributed by atoms with Crippen LogP contribution in [-0.2, 0) is 0 Å². The first kappa shape index (κ1) is 11.5. The molecular weight excluding hydrogens is 218 g/mol. The van der Waals surface area contributed by atoms with Crippen molar-refractivity contribution in [1.29, 1.82) is 0 Å². The molecule has 0 radical (unpaired) electrons. The minimum atomic E-state index is 0.394. The van der Waals surface area contributed by atoms with E-state index in [9.17, 15) is 0 Å². The molecule has 1 atom stereocenters. The summed E-state index contributed by atoms with van der Waals surface area (Å²) in [7, 11) is 2.14. The first-order chi connectivity index (χ1) is 7.77. The maximum Gasteiger partial charge on any atom is 0.0715 e. The third-order valence-corrected chi connectivity index (χ3v) is 3.35. The fourth-order valence-electron chi connectivity index (χ4n) is 1.98. The van der Waals surface area contributed by atoms with Crippen molar-refractivity contribution >= 4 is 11.6 Å². The second kappa shape index (κ2) is 5.39. The van der Waals surface area contributed by atoms with Gasteiger partial charge in [0.1, 0.15) is 0 Å². The van der Waals surface area contributed by atoms with E-state index in [-0.39, 0.29) is 0 Å². The zero-order valence-electron chi connectivity index (χ0n) is 9.54. The molecule has 1 aromatic carbocycles. The molecule has 2 rings (SSSR count). The van der Waals surface area contributed by atoms with E-state index in [0.29, 0.717) is 6.04 Å². The lowest BCUT2D eigenvalue weighted by Gasteiger charge is -2.28. The second-order valence-corrected chi connectivity index (χ2v) is 4.65. The zero-order valence-corrected chi connectivity index (χ0v) is 10.3. The summed E-state index contributed by atoms with van der Waals surface area (Å²) in [6.45, 7) is 1.15. The Hall–Kier alpha value is -0.970. The van der Waals surface area contributed by atoms with Crippen molar-refractivity contribution < 1.29 is 0 Å². The Labute approximate surface area is 102 Å². The molecule has 16 heavy (non-hydrogen) atoms. The van der Waals surface area contributed by atoms with Crippen molar-refractivity contribution in [1.82, 2.24) is 4.90 Å². The summed E-state index contributed by atoms with van der Waals surface area (Å²) in [5.74, 6) is 6.51. The van der Waals surface area contributed by atoms with E-state index < -0.39 is 0 Å². The van der Waals surface area contributed by atoms with E-state index in [4.69, 9.17) is 11.6 Å². The Morgan fingerprint density at radius 2 is 2.12 bits per heavy atom. The molecule has 1 saturated heterocycles. The van der Waals surface area contributed by atoms with Gasteiger partial charge in [0.15, 0.2) is 0 Å². The van der Waals surface area contributed by atoms with Crippen molar-refractivity contribution in [3.05, 3.63) is 34.9 Å². The summed E-state index contributed by atoms with van der Waals surface area (Å²) in [6, 6.07) is 8.15. The van der Waals surface area contributed by atoms with Crippen molar-refractivity contribution in [2.24, 2.45) is 0 Å². The van der Waals surface area contributed by atoms with Crippen LogP contribution in [-0.4, -0.2) is 24.5 Å². The molecule has 1 fully saturated rings. The van der Waals surface area contributed by atoms with Gasteiger partial charge in [-0.15, -0.1) is 0 Å². The monoisotopic (exact) mass is 233 g/mol. The van der Waals surface area contributed by atoms with E-state index in [1.54, 1.807) is 0 Å². The highest BCUT2D eigenvalue weighted by molar-refractivity contribution is 6.31. The summed E-state index contributed by atoms with van der Waals surface area (Å²) in [5, 5.41) is 0.744. The molecule has 1 aromatic rings. The van der Waals surface area contributed by atoms with Gasteiger partial charge in [0.2, 0.25) is 0 Å². The number of rotatable bonds is 0. The van der Waals surface area contributed by atoms with Gasteiger partial charge in [-0.3, -0.25) is 4.90 Å². The molecule has 1 nitrogen and oxygen atoms in total. The van der Waals surface area contributed by atoms with Crippen LogP contribution in [0.3, 0.4) is 0 Å². The van der Waals surface area contributed by atoms with Gasteiger partial charge in [0.25, 0.3) is 0 Å². The average molecular weight is 234 g/mol. The van der Waals surface area contributed by atoms with Crippen LogP contribution in [0.4, 0.5) is 0 Å². The lowest BCUT2D eigenvalue weighted by Crippen LogP contribution is -2.34. The molecule has 2 heteroatoms. The molecule has 0 N–H and O–H groups in total. The second-order valence-electron chi connectivity index (χ2n) is 4.24. The normalized spacial score (nSPS) is 21.2. The highest BCUT2D eigenvalue weighted by Crippen LogP contribution is 2.16. The van der Waals surface area contributed by atoms with Crippen LogP contribution >= 0.6 is 11.6 Å². The Morgan fingerprint density at radius 3 is 2.88 bits per heavy atom. The minimum Gasteiger partial charge on any atom is -0.293 e. The largest absolute Gasteiger partial charge is 0.293 e. The molecule has 0 bridgehead atoms. The van der Waals surface area contributed by atoms with Gasteiger partial charge in [-0.05, 0) is 45.0 Å². The molecule has 0 unspecified atom stereocenters. The number of nitrogens with zero attached hydrogens (tertiary/aromatic N) is 1. The fraction of sp³-hybridized carbons (Fsp3) is 0.429. The van der Waals surface area contributed by atoms with Crippen LogP contribution in [0.15, 0.2) is 24.3 Å². The Morgan fingerprint density at radius 1 is 1.31 bits per heavy atom. The van der Waals surface area contributed by atoms with Crippen molar-refractivity contribution in [2.45, 2.75) is 25.3 Å². The van der Waals surface area contributed by atoms with E-state index in [0.717, 1.165) is 17.1 Å². The van der Waals surface area contributed by atoms with Crippen LogP contribution in [0.5, 0.6) is 0 Å². The number of likely N-dealkylation sites (tertiary alicyclic amines) is 1. The SMILES string of the molecule is CN1CCCC[C@@H]1C#Cc1ccccc1Cl. The van der Waals surface area contributed by atoms with E-state index in [1.807, 2.05) is 24.3 Å². The molecule has 0 amide bonds. The summed E-state index contributed by atoms with van der Waals surface area (Å²) >= 11 is 6.06. The van der Waals surface area contributed by atoms with Crippen LogP contribution in [0.1, 0.15) is 24.8 Å². The van der Waals surface area contributed by atoms with Crippen LogP contribution in [0, 0.1) is 11.8 Å². The summed E-state index contributed by atoms with van der Waals surface area (Å²) in [4.78, 5) is 2.33. The van der Waals surface area contributed by atoms with Gasteiger partial charge >= 0.3 is 0 Å². The molecule has 84 valence electrons. The van der Waals surface area contributed by atoms with E-state index in [1.165, 1.54) is 19.3 Å². The molecule has 1 aliphatic heterocycles. The zero-order chi connectivity index (χ0) is 11.4. The van der Waals surface area contributed by atoms with E-state index >= 15 is 0 Å². The van der Waals surface area contributed by atoms with Crippen LogP contribution in [0.25, 0.3) is 0 Å². The number of hydrogen-bond acceptors (Lipinski definition) is 1. The average Bonchev–Trinajstić information content (AvgIpc) is 2.30. The summed E-state index contributed by atoms with van der Waals surface area (Å²) < 4.78 is 0. The number of hydrogen-bond donors (Lipinski definition) is 0.